The third-order valence-electron chi connectivity index (χ3n) is 0.373. The van der Waals surface area contributed by atoms with Crippen molar-refractivity contribution in [1.82, 2.24) is 0 Å². The van der Waals surface area contributed by atoms with E-state index in [9.17, 15) is 17.6 Å². The fourth-order valence-corrected chi connectivity index (χ4v) is 0. The smallest absolute Gasteiger partial charge is 0.371 e. The van der Waals surface area contributed by atoms with E-state index in [0.29, 0.717) is 0 Å². The minimum absolute atomic E-state index is 0. The van der Waals surface area contributed by atoms with Gasteiger partial charge in [-0.05, 0) is 0 Å². The molecule has 0 spiro atoms. The van der Waals surface area contributed by atoms with Gasteiger partial charge in [0.05, 0.1) is 0 Å². The van der Waals surface area contributed by atoms with Gasteiger partial charge in [-0.2, -0.15) is 17.6 Å². The van der Waals surface area contributed by atoms with E-state index in [1.165, 1.54) is 0 Å². The Morgan fingerprint density at radius 2 is 0.923 bits per heavy atom. The quantitative estimate of drug-likeness (QED) is 0.563. The van der Waals surface area contributed by atoms with Crippen LogP contribution in [0.4, 0.5) is 17.6 Å². The molecule has 0 radical (unpaired) electrons. The zero-order chi connectivity index (χ0) is 10.3. The molecular formula is C4H4F4O4Zn. The summed E-state index contributed by atoms with van der Waals surface area (Å²) in [7, 11) is 0. The predicted molar refractivity (Wildman–Crippen MR) is 27.3 cm³/mol. The molecule has 2 N–H and O–H groups in total. The topological polar surface area (TPSA) is 74.6 Å². The first-order valence-corrected chi connectivity index (χ1v) is 2.31. The molecule has 0 heterocycles. The van der Waals surface area contributed by atoms with Gasteiger partial charge in [0.15, 0.2) is 0 Å². The number of halogens is 4. The summed E-state index contributed by atoms with van der Waals surface area (Å²) in [6.45, 7) is 0. The summed E-state index contributed by atoms with van der Waals surface area (Å²) < 4.78 is 42.2. The fraction of sp³-hybridized carbons (Fsp3) is 0.500. The number of carbonyl (C=O) groups is 2. The Kier molecular flexibility index (Phi) is 13.1. The van der Waals surface area contributed by atoms with Crippen LogP contribution in [-0.4, -0.2) is 35.0 Å². The first-order valence-electron chi connectivity index (χ1n) is 2.31. The minimum atomic E-state index is -3.23. The zero-order valence-electron chi connectivity index (χ0n) is 6.08. The molecule has 0 aliphatic carbocycles. The fourth-order valence-electron chi connectivity index (χ4n) is 0. The molecule has 0 aliphatic rings. The van der Waals surface area contributed by atoms with Gasteiger partial charge in [-0.25, -0.2) is 9.59 Å². The Balaban J connectivity index is -0.000000143. The van der Waals surface area contributed by atoms with Gasteiger partial charge < -0.3 is 10.2 Å². The maximum Gasteiger partial charge on any atom is 0.371 e. The Hall–Kier alpha value is -0.717. The summed E-state index contributed by atoms with van der Waals surface area (Å²) in [4.78, 5) is 17.9. The molecule has 0 amide bonds. The molecule has 0 aromatic heterocycles. The third kappa shape index (κ3) is 18.3. The number of hydrogen-bond donors (Lipinski definition) is 2. The normalized spacial score (nSPS) is 8.46. The van der Waals surface area contributed by atoms with E-state index in [1.807, 2.05) is 0 Å². The molecule has 74 valence electrons. The van der Waals surface area contributed by atoms with Crippen molar-refractivity contribution in [2.75, 3.05) is 0 Å². The van der Waals surface area contributed by atoms with Crippen LogP contribution in [0.3, 0.4) is 0 Å². The SMILES string of the molecule is O=C(O)C(F)F.O=C(O)C(F)F.[Zn]. The van der Waals surface area contributed by atoms with Gasteiger partial charge >= 0.3 is 24.8 Å². The van der Waals surface area contributed by atoms with Crippen molar-refractivity contribution < 1.29 is 56.8 Å². The monoisotopic (exact) mass is 256 g/mol. The van der Waals surface area contributed by atoms with Crippen molar-refractivity contribution in [3.63, 3.8) is 0 Å². The average Bonchev–Trinajstić information content (AvgIpc) is 1.88. The van der Waals surface area contributed by atoms with Gasteiger partial charge in [0, 0.05) is 19.5 Å². The van der Waals surface area contributed by atoms with Crippen molar-refractivity contribution in [2.24, 2.45) is 0 Å². The zero-order valence-corrected chi connectivity index (χ0v) is 9.05. The van der Waals surface area contributed by atoms with E-state index < -0.39 is 24.8 Å². The molecule has 0 bridgehead atoms. The van der Waals surface area contributed by atoms with Crippen LogP contribution in [0.15, 0.2) is 0 Å². The minimum Gasteiger partial charge on any atom is -0.477 e. The molecular weight excluding hydrogens is 253 g/mol. The second kappa shape index (κ2) is 9.37. The maximum absolute atomic E-state index is 10.6. The third-order valence-corrected chi connectivity index (χ3v) is 0.373. The van der Waals surface area contributed by atoms with E-state index in [4.69, 9.17) is 19.8 Å². The molecule has 0 aromatic rings. The van der Waals surface area contributed by atoms with Gasteiger partial charge in [0.2, 0.25) is 0 Å². The van der Waals surface area contributed by atoms with Crippen LogP contribution in [0.1, 0.15) is 0 Å². The number of carboxylic acids is 2. The molecule has 0 saturated carbocycles. The van der Waals surface area contributed by atoms with Gasteiger partial charge in [0.25, 0.3) is 0 Å². The van der Waals surface area contributed by atoms with Crippen LogP contribution in [0.5, 0.6) is 0 Å². The van der Waals surface area contributed by atoms with Crippen LogP contribution in [-0.2, 0) is 29.1 Å². The van der Waals surface area contributed by atoms with Crippen LogP contribution < -0.4 is 0 Å². The Morgan fingerprint density at radius 3 is 0.923 bits per heavy atom. The summed E-state index contributed by atoms with van der Waals surface area (Å²) in [5.74, 6) is -4.15. The molecule has 13 heavy (non-hydrogen) atoms. The Morgan fingerprint density at radius 1 is 0.846 bits per heavy atom. The van der Waals surface area contributed by atoms with Gasteiger partial charge in [-0.15, -0.1) is 0 Å². The Bertz CT molecular complexity index is 144. The van der Waals surface area contributed by atoms with Gasteiger partial charge in [0.1, 0.15) is 0 Å². The molecule has 0 atom stereocenters. The number of aliphatic carboxylic acids is 2. The molecule has 4 nitrogen and oxygen atoms in total. The first kappa shape index (κ1) is 18.1. The van der Waals surface area contributed by atoms with Crippen molar-refractivity contribution in [1.29, 1.82) is 0 Å². The predicted octanol–water partition coefficient (Wildman–Crippen LogP) is 0.670. The standard InChI is InChI=1S/2C2H2F2O2.Zn/c2*3-1(4)2(5)6;/h2*1H,(H,5,6);. The summed E-state index contributed by atoms with van der Waals surface area (Å²) in [6, 6.07) is 0. The second-order valence-corrected chi connectivity index (χ2v) is 1.28. The largest absolute Gasteiger partial charge is 0.477 e. The van der Waals surface area contributed by atoms with E-state index in [2.05, 4.69) is 0 Å². The molecule has 0 rings (SSSR count). The van der Waals surface area contributed by atoms with Crippen LogP contribution >= 0.6 is 0 Å². The number of rotatable bonds is 2. The van der Waals surface area contributed by atoms with Gasteiger partial charge in [-0.3, -0.25) is 0 Å². The van der Waals surface area contributed by atoms with E-state index in [1.54, 1.807) is 0 Å². The number of hydrogen-bond acceptors (Lipinski definition) is 2. The second-order valence-electron chi connectivity index (χ2n) is 1.28. The summed E-state index contributed by atoms with van der Waals surface area (Å²) >= 11 is 0. The van der Waals surface area contributed by atoms with Crippen molar-refractivity contribution in [2.45, 2.75) is 12.9 Å². The molecule has 0 unspecified atom stereocenters. The van der Waals surface area contributed by atoms with Crippen LogP contribution in [0.2, 0.25) is 0 Å². The van der Waals surface area contributed by atoms with Gasteiger partial charge in [-0.1, -0.05) is 0 Å². The molecule has 0 aliphatic heterocycles. The van der Waals surface area contributed by atoms with Crippen molar-refractivity contribution in [3.05, 3.63) is 0 Å². The average molecular weight is 257 g/mol. The van der Waals surface area contributed by atoms with Crippen LogP contribution in [0.25, 0.3) is 0 Å². The molecule has 9 heteroatoms. The van der Waals surface area contributed by atoms with Crippen LogP contribution in [0, 0.1) is 0 Å². The summed E-state index contributed by atoms with van der Waals surface area (Å²) in [5.41, 5.74) is 0. The van der Waals surface area contributed by atoms with E-state index >= 15 is 0 Å². The summed E-state index contributed by atoms with van der Waals surface area (Å²) in [6.07, 6.45) is -6.46. The van der Waals surface area contributed by atoms with Crippen molar-refractivity contribution >= 4 is 11.9 Å². The molecule has 0 aromatic carbocycles. The molecule has 0 saturated heterocycles. The Labute approximate surface area is 82.3 Å². The van der Waals surface area contributed by atoms with E-state index in [-0.39, 0.29) is 19.5 Å². The maximum atomic E-state index is 10.6. The number of carboxylic acid groups (broad SMARTS) is 2. The number of alkyl halides is 4. The first-order chi connectivity index (χ1) is 5.29. The summed E-state index contributed by atoms with van der Waals surface area (Å²) in [5, 5.41) is 14.5. The molecule has 0 fully saturated rings. The van der Waals surface area contributed by atoms with Crippen molar-refractivity contribution in [3.8, 4) is 0 Å². The van der Waals surface area contributed by atoms with E-state index in [0.717, 1.165) is 0 Å².